The first kappa shape index (κ1) is 16.6. The number of anilines is 2. The van der Waals surface area contributed by atoms with E-state index in [1.807, 2.05) is 30.6 Å². The Labute approximate surface area is 161 Å². The van der Waals surface area contributed by atoms with E-state index in [9.17, 15) is 0 Å². The van der Waals surface area contributed by atoms with Gasteiger partial charge in [-0.1, -0.05) is 6.07 Å². The largest absolute Gasteiger partial charge is 0.383 e. The highest BCUT2D eigenvalue weighted by molar-refractivity contribution is 9.10. The Hall–Kier alpha value is -2.85. The van der Waals surface area contributed by atoms with Crippen LogP contribution in [0.5, 0.6) is 0 Å². The molecule has 3 N–H and O–H groups in total. The molecule has 0 atom stereocenters. The van der Waals surface area contributed by atoms with E-state index >= 15 is 0 Å². The van der Waals surface area contributed by atoms with Gasteiger partial charge in [-0.15, -0.1) is 11.3 Å². The van der Waals surface area contributed by atoms with Gasteiger partial charge in [0.1, 0.15) is 16.1 Å². The van der Waals surface area contributed by atoms with Crippen LogP contribution in [0.4, 0.5) is 11.6 Å². The van der Waals surface area contributed by atoms with Crippen molar-refractivity contribution in [2.24, 2.45) is 0 Å². The summed E-state index contributed by atoms with van der Waals surface area (Å²) in [6, 6.07) is 5.71. The van der Waals surface area contributed by atoms with Crippen molar-refractivity contribution in [3.05, 3.63) is 57.8 Å². The summed E-state index contributed by atoms with van der Waals surface area (Å²) in [5, 5.41) is 7.57. The fourth-order valence-electron chi connectivity index (χ4n) is 2.27. The zero-order valence-corrected chi connectivity index (χ0v) is 15.8. The molecule has 0 spiro atoms. The third-order valence-electron chi connectivity index (χ3n) is 3.53. The van der Waals surface area contributed by atoms with Gasteiger partial charge in [-0.25, -0.2) is 4.68 Å². The number of hydrogen-bond donors (Lipinski definition) is 2. The molecule has 8 nitrogen and oxygen atoms in total. The number of thiazole rings is 1. The normalized spacial score (nSPS) is 10.8. The lowest BCUT2D eigenvalue weighted by atomic mass is 10.2. The van der Waals surface area contributed by atoms with Crippen molar-refractivity contribution in [2.45, 2.75) is 6.54 Å². The maximum Gasteiger partial charge on any atom is 0.254 e. The third kappa shape index (κ3) is 3.41. The summed E-state index contributed by atoms with van der Waals surface area (Å²) in [6.07, 6.45) is 7.08. The third-order valence-corrected chi connectivity index (χ3v) is 5.09. The van der Waals surface area contributed by atoms with Crippen LogP contribution in [0.15, 0.2) is 53.0 Å². The highest BCUT2D eigenvalue weighted by Crippen LogP contribution is 2.27. The molecule has 0 aliphatic rings. The first-order valence-electron chi connectivity index (χ1n) is 7.61. The summed E-state index contributed by atoms with van der Waals surface area (Å²) in [6.45, 7) is 0.595. The average Bonchev–Trinajstić information content (AvgIpc) is 3.35. The van der Waals surface area contributed by atoms with Crippen molar-refractivity contribution in [2.75, 3.05) is 11.1 Å². The molecule has 4 aromatic rings. The minimum Gasteiger partial charge on any atom is -0.383 e. The van der Waals surface area contributed by atoms with Crippen LogP contribution in [-0.2, 0) is 6.54 Å². The SMILES string of the molecule is Nc1nc(-n2cc(-c3ccccn3)cn2)nc(NCc2cncs2)c1Br. The van der Waals surface area contributed by atoms with E-state index in [1.54, 1.807) is 33.9 Å². The van der Waals surface area contributed by atoms with Crippen molar-refractivity contribution in [3.63, 3.8) is 0 Å². The maximum absolute atomic E-state index is 6.02. The van der Waals surface area contributed by atoms with Crippen LogP contribution in [-0.4, -0.2) is 29.7 Å². The molecule has 0 saturated heterocycles. The predicted octanol–water partition coefficient (Wildman–Crippen LogP) is 3.14. The van der Waals surface area contributed by atoms with Crippen LogP contribution < -0.4 is 11.1 Å². The number of halogens is 1. The summed E-state index contributed by atoms with van der Waals surface area (Å²) in [5.41, 5.74) is 9.51. The van der Waals surface area contributed by atoms with Crippen molar-refractivity contribution >= 4 is 38.9 Å². The van der Waals surface area contributed by atoms with Crippen LogP contribution in [0.3, 0.4) is 0 Å². The number of aromatic nitrogens is 6. The fraction of sp³-hybridized carbons (Fsp3) is 0.0625. The first-order chi connectivity index (χ1) is 12.7. The molecule has 4 rings (SSSR count). The number of nitrogens with zero attached hydrogens (tertiary/aromatic N) is 6. The number of nitrogens with two attached hydrogens (primary N) is 1. The van der Waals surface area contributed by atoms with E-state index in [0.29, 0.717) is 28.6 Å². The van der Waals surface area contributed by atoms with Crippen molar-refractivity contribution in [3.8, 4) is 17.2 Å². The monoisotopic (exact) mass is 428 g/mol. The number of nitrogens with one attached hydrogen (secondary N) is 1. The molecular weight excluding hydrogens is 416 g/mol. The van der Waals surface area contributed by atoms with Gasteiger partial charge in [0.25, 0.3) is 5.95 Å². The summed E-state index contributed by atoms with van der Waals surface area (Å²) in [4.78, 5) is 18.3. The lowest BCUT2D eigenvalue weighted by Gasteiger charge is -2.10. The quantitative estimate of drug-likeness (QED) is 0.502. The molecule has 0 aromatic carbocycles. The van der Waals surface area contributed by atoms with Gasteiger partial charge >= 0.3 is 0 Å². The van der Waals surface area contributed by atoms with Crippen LogP contribution in [0.1, 0.15) is 4.88 Å². The van der Waals surface area contributed by atoms with Crippen molar-refractivity contribution in [1.82, 2.24) is 29.7 Å². The molecule has 0 radical (unpaired) electrons. The first-order valence-corrected chi connectivity index (χ1v) is 9.28. The zero-order valence-electron chi connectivity index (χ0n) is 13.4. The van der Waals surface area contributed by atoms with E-state index in [2.05, 4.69) is 46.3 Å². The van der Waals surface area contributed by atoms with Crippen LogP contribution in [0.2, 0.25) is 0 Å². The molecule has 4 heterocycles. The second kappa shape index (κ2) is 7.18. The van der Waals surface area contributed by atoms with Crippen LogP contribution >= 0.6 is 27.3 Å². The van der Waals surface area contributed by atoms with Crippen molar-refractivity contribution < 1.29 is 0 Å². The van der Waals surface area contributed by atoms with Gasteiger partial charge in [0.05, 0.1) is 23.9 Å². The smallest absolute Gasteiger partial charge is 0.254 e. The van der Waals surface area contributed by atoms with Gasteiger partial charge in [-0.2, -0.15) is 15.1 Å². The molecule has 0 aliphatic heterocycles. The van der Waals surface area contributed by atoms with E-state index in [4.69, 9.17) is 5.73 Å². The summed E-state index contributed by atoms with van der Waals surface area (Å²) >= 11 is 4.99. The second-order valence-electron chi connectivity index (χ2n) is 5.28. The van der Waals surface area contributed by atoms with Gasteiger partial charge in [0, 0.05) is 29.0 Å². The van der Waals surface area contributed by atoms with Gasteiger partial charge < -0.3 is 11.1 Å². The standard InChI is InChI=1S/C16H13BrN8S/c17-13-14(18)23-16(24-15(13)21-7-11-6-19-9-26-11)25-8-10(5-22-25)12-3-1-2-4-20-12/h1-6,8-9H,7H2,(H3,18,21,23,24). The zero-order chi connectivity index (χ0) is 17.9. The van der Waals surface area contributed by atoms with Gasteiger partial charge in [-0.3, -0.25) is 9.97 Å². The number of hydrogen-bond acceptors (Lipinski definition) is 8. The Morgan fingerprint density at radius 1 is 1.23 bits per heavy atom. The number of pyridine rings is 1. The Balaban J connectivity index is 1.63. The molecule has 0 aliphatic carbocycles. The summed E-state index contributed by atoms with van der Waals surface area (Å²) in [7, 11) is 0. The minimum atomic E-state index is 0.330. The molecule has 26 heavy (non-hydrogen) atoms. The van der Waals surface area contributed by atoms with Gasteiger partial charge in [0.15, 0.2) is 0 Å². The number of rotatable bonds is 5. The maximum atomic E-state index is 6.02. The second-order valence-corrected chi connectivity index (χ2v) is 7.05. The fourth-order valence-corrected chi connectivity index (χ4v) is 3.12. The highest BCUT2D eigenvalue weighted by Gasteiger charge is 2.13. The Morgan fingerprint density at radius 2 is 2.15 bits per heavy atom. The molecule has 0 fully saturated rings. The van der Waals surface area contributed by atoms with Crippen LogP contribution in [0, 0.1) is 0 Å². The topological polar surface area (TPSA) is 107 Å². The van der Waals surface area contributed by atoms with E-state index in [1.165, 1.54) is 0 Å². The van der Waals surface area contributed by atoms with Gasteiger partial charge in [0.2, 0.25) is 0 Å². The van der Waals surface area contributed by atoms with Crippen LogP contribution in [0.25, 0.3) is 17.2 Å². The molecule has 0 bridgehead atoms. The van der Waals surface area contributed by atoms with E-state index < -0.39 is 0 Å². The van der Waals surface area contributed by atoms with Crippen molar-refractivity contribution in [1.29, 1.82) is 0 Å². The molecule has 0 amide bonds. The minimum absolute atomic E-state index is 0.330. The Bertz CT molecular complexity index is 1020. The number of nitrogen functional groups attached to an aromatic ring is 1. The Morgan fingerprint density at radius 3 is 2.92 bits per heavy atom. The van der Waals surface area contributed by atoms with E-state index in [-0.39, 0.29) is 0 Å². The Kier molecular flexibility index (Phi) is 4.59. The molecule has 10 heteroatoms. The highest BCUT2D eigenvalue weighted by atomic mass is 79.9. The molecular formula is C16H13BrN8S. The lowest BCUT2D eigenvalue weighted by Crippen LogP contribution is -2.09. The molecule has 130 valence electrons. The summed E-state index contributed by atoms with van der Waals surface area (Å²) in [5.74, 6) is 1.30. The molecule has 4 aromatic heterocycles. The lowest BCUT2D eigenvalue weighted by molar-refractivity contribution is 0.809. The summed E-state index contributed by atoms with van der Waals surface area (Å²) < 4.78 is 2.19. The van der Waals surface area contributed by atoms with Gasteiger partial charge in [-0.05, 0) is 28.1 Å². The predicted molar refractivity (Wildman–Crippen MR) is 104 cm³/mol. The average molecular weight is 429 g/mol. The molecule has 0 unspecified atom stereocenters. The molecule has 0 saturated carbocycles. The van der Waals surface area contributed by atoms with E-state index in [0.717, 1.165) is 16.1 Å².